The van der Waals surface area contributed by atoms with E-state index < -0.39 is 0 Å². The third kappa shape index (κ3) is 4.46. The first-order chi connectivity index (χ1) is 22.3. The Bertz CT molecular complexity index is 2480. The zero-order chi connectivity index (χ0) is 29.7. The van der Waals surface area contributed by atoms with Gasteiger partial charge in [0, 0.05) is 53.2 Å². The lowest BCUT2D eigenvalue weighted by Gasteiger charge is -2.13. The third-order valence-corrected chi connectivity index (χ3v) is 9.59. The van der Waals surface area contributed by atoms with Gasteiger partial charge in [0.1, 0.15) is 0 Å². The van der Waals surface area contributed by atoms with Crippen molar-refractivity contribution in [3.8, 4) is 45.2 Å². The predicted octanol–water partition coefficient (Wildman–Crippen LogP) is 11.2. The van der Waals surface area contributed by atoms with Crippen LogP contribution in [0.1, 0.15) is 0 Å². The Kier molecular flexibility index (Phi) is 6.00. The first kappa shape index (κ1) is 25.8. The second kappa shape index (κ2) is 10.5. The minimum Gasteiger partial charge on any atom is -0.247 e. The van der Waals surface area contributed by atoms with E-state index in [9.17, 15) is 0 Å². The molecule has 45 heavy (non-hydrogen) atoms. The van der Waals surface area contributed by atoms with E-state index in [2.05, 4.69) is 115 Å². The number of rotatable bonds is 4. The fourth-order valence-electron chi connectivity index (χ4n) is 6.28. The maximum absolute atomic E-state index is 5.27. The van der Waals surface area contributed by atoms with Crippen LogP contribution in [0.5, 0.6) is 0 Å². The number of hydrogen-bond acceptors (Lipinski definition) is 4. The van der Waals surface area contributed by atoms with E-state index in [4.69, 9.17) is 15.0 Å². The minimum atomic E-state index is 0.707. The van der Waals surface area contributed by atoms with Gasteiger partial charge in [0.25, 0.3) is 0 Å². The van der Waals surface area contributed by atoms with E-state index in [1.165, 1.54) is 30.9 Å². The average molecular weight is 592 g/mol. The van der Waals surface area contributed by atoms with Gasteiger partial charge in [0.2, 0.25) is 0 Å². The van der Waals surface area contributed by atoms with Gasteiger partial charge in [0.05, 0.1) is 22.6 Å². The van der Waals surface area contributed by atoms with E-state index in [-0.39, 0.29) is 0 Å². The molecule has 4 heteroatoms. The van der Waals surface area contributed by atoms with E-state index in [0.717, 1.165) is 50.2 Å². The average Bonchev–Trinajstić information content (AvgIpc) is 3.48. The lowest BCUT2D eigenvalue weighted by Crippen LogP contribution is -1.96. The van der Waals surface area contributed by atoms with Gasteiger partial charge in [-0.25, -0.2) is 15.0 Å². The van der Waals surface area contributed by atoms with E-state index >= 15 is 0 Å². The van der Waals surface area contributed by atoms with Crippen LogP contribution in [0.3, 0.4) is 0 Å². The number of aromatic nitrogens is 3. The molecule has 0 saturated carbocycles. The lowest BCUT2D eigenvalue weighted by molar-refractivity contribution is 1.18. The molecule has 210 valence electrons. The number of para-hydroxylation sites is 1. The van der Waals surface area contributed by atoms with Crippen LogP contribution in [-0.2, 0) is 0 Å². The molecule has 3 nitrogen and oxygen atoms in total. The van der Waals surface area contributed by atoms with Gasteiger partial charge in [-0.2, -0.15) is 0 Å². The predicted molar refractivity (Wildman–Crippen MR) is 189 cm³/mol. The zero-order valence-corrected chi connectivity index (χ0v) is 25.0. The van der Waals surface area contributed by atoms with Gasteiger partial charge in [-0.3, -0.25) is 0 Å². The van der Waals surface area contributed by atoms with Gasteiger partial charge >= 0.3 is 0 Å². The van der Waals surface area contributed by atoms with Crippen molar-refractivity contribution in [2.24, 2.45) is 0 Å². The fraction of sp³-hybridized carbons (Fsp3) is 0. The van der Waals surface area contributed by atoms with Gasteiger partial charge in [-0.15, -0.1) is 11.3 Å². The molecule has 0 radical (unpaired) electrons. The van der Waals surface area contributed by atoms with Crippen molar-refractivity contribution in [2.45, 2.75) is 0 Å². The van der Waals surface area contributed by atoms with E-state index in [1.807, 2.05) is 47.7 Å². The van der Waals surface area contributed by atoms with Crippen molar-refractivity contribution in [3.05, 3.63) is 152 Å². The number of pyridine rings is 1. The number of nitrogens with zero attached hydrogens (tertiary/aromatic N) is 3. The molecule has 0 aliphatic rings. The summed E-state index contributed by atoms with van der Waals surface area (Å²) >= 11 is 1.84. The molecule has 0 fully saturated rings. The summed E-state index contributed by atoms with van der Waals surface area (Å²) in [7, 11) is 0. The Morgan fingerprint density at radius 3 is 1.82 bits per heavy atom. The number of fused-ring (bicyclic) bond motifs is 6. The number of hydrogen-bond donors (Lipinski definition) is 0. The molecule has 9 aromatic rings. The van der Waals surface area contributed by atoms with Crippen LogP contribution < -0.4 is 0 Å². The summed E-state index contributed by atoms with van der Waals surface area (Å²) in [5, 5.41) is 6.14. The smallest absolute Gasteiger partial charge is 0.160 e. The topological polar surface area (TPSA) is 38.7 Å². The van der Waals surface area contributed by atoms with Crippen molar-refractivity contribution in [1.29, 1.82) is 0 Å². The van der Waals surface area contributed by atoms with Crippen molar-refractivity contribution < 1.29 is 0 Å². The monoisotopic (exact) mass is 591 g/mol. The SMILES string of the molecule is c1ccc(-c2cc(-c3cccc(-c4nc5ccccc5c5cc6c(cc45)sc4ccccc46)c3)nc(-c3ccccc3)n2)cc1. The second-order valence-corrected chi connectivity index (χ2v) is 12.3. The molecule has 0 bridgehead atoms. The summed E-state index contributed by atoms with van der Waals surface area (Å²) in [6, 6.07) is 53.0. The normalized spacial score (nSPS) is 11.6. The highest BCUT2D eigenvalue weighted by molar-refractivity contribution is 7.25. The molecule has 0 amide bonds. The zero-order valence-electron chi connectivity index (χ0n) is 24.2. The largest absolute Gasteiger partial charge is 0.247 e. The summed E-state index contributed by atoms with van der Waals surface area (Å²) in [5.74, 6) is 0.707. The summed E-state index contributed by atoms with van der Waals surface area (Å²) in [4.78, 5) is 15.3. The molecule has 0 atom stereocenters. The summed E-state index contributed by atoms with van der Waals surface area (Å²) in [6.45, 7) is 0. The molecule has 0 N–H and O–H groups in total. The van der Waals surface area contributed by atoms with E-state index in [0.29, 0.717) is 5.82 Å². The molecule has 0 saturated heterocycles. The summed E-state index contributed by atoms with van der Waals surface area (Å²) in [6.07, 6.45) is 0. The molecule has 6 aromatic carbocycles. The third-order valence-electron chi connectivity index (χ3n) is 8.46. The van der Waals surface area contributed by atoms with Gasteiger partial charge in [-0.1, -0.05) is 115 Å². The highest BCUT2D eigenvalue weighted by Gasteiger charge is 2.16. The van der Waals surface area contributed by atoms with Gasteiger partial charge < -0.3 is 0 Å². The van der Waals surface area contributed by atoms with Gasteiger partial charge in [0.15, 0.2) is 5.82 Å². The maximum atomic E-state index is 5.27. The van der Waals surface area contributed by atoms with Crippen molar-refractivity contribution in [3.63, 3.8) is 0 Å². The highest BCUT2D eigenvalue weighted by Crippen LogP contribution is 2.41. The van der Waals surface area contributed by atoms with Crippen LogP contribution in [0.25, 0.3) is 87.0 Å². The molecular formula is C41H25N3S. The second-order valence-electron chi connectivity index (χ2n) is 11.2. The summed E-state index contributed by atoms with van der Waals surface area (Å²) < 4.78 is 2.57. The van der Waals surface area contributed by atoms with Gasteiger partial charge in [-0.05, 0) is 41.8 Å². The van der Waals surface area contributed by atoms with Crippen LogP contribution in [0.15, 0.2) is 152 Å². The van der Waals surface area contributed by atoms with Crippen LogP contribution in [0.2, 0.25) is 0 Å². The van der Waals surface area contributed by atoms with Crippen molar-refractivity contribution >= 4 is 53.2 Å². The Morgan fingerprint density at radius 2 is 1.00 bits per heavy atom. The highest BCUT2D eigenvalue weighted by atomic mass is 32.1. The van der Waals surface area contributed by atoms with Crippen LogP contribution in [0.4, 0.5) is 0 Å². The van der Waals surface area contributed by atoms with Crippen molar-refractivity contribution in [1.82, 2.24) is 15.0 Å². The fourth-order valence-corrected chi connectivity index (χ4v) is 7.41. The first-order valence-electron chi connectivity index (χ1n) is 15.0. The molecular weight excluding hydrogens is 567 g/mol. The van der Waals surface area contributed by atoms with Crippen molar-refractivity contribution in [2.75, 3.05) is 0 Å². The Hall–Kier alpha value is -5.71. The Balaban J connectivity index is 1.27. The first-order valence-corrected chi connectivity index (χ1v) is 15.8. The quantitative estimate of drug-likeness (QED) is 0.191. The molecule has 0 unspecified atom stereocenters. The lowest BCUT2D eigenvalue weighted by atomic mass is 9.96. The summed E-state index contributed by atoms with van der Waals surface area (Å²) in [5.41, 5.74) is 7.87. The molecule has 3 aromatic heterocycles. The molecule has 0 spiro atoms. The van der Waals surface area contributed by atoms with Crippen LogP contribution in [-0.4, -0.2) is 15.0 Å². The number of benzene rings is 6. The standard InChI is InChI=1S/C41H25N3S/c1-3-12-26(13-4-1)36-25-37(44-41(43-36)27-14-5-2-6-15-27)28-16-11-17-29(22-28)40-34-24-39-33(31-19-8-10-21-38(31)45-39)23-32(34)30-18-7-9-20-35(30)42-40/h1-25H. The molecule has 3 heterocycles. The van der Waals surface area contributed by atoms with Crippen LogP contribution in [0, 0.1) is 0 Å². The van der Waals surface area contributed by atoms with Crippen LogP contribution >= 0.6 is 11.3 Å². The Labute approximate surface area is 264 Å². The minimum absolute atomic E-state index is 0.707. The molecule has 0 aliphatic heterocycles. The maximum Gasteiger partial charge on any atom is 0.160 e. The molecule has 0 aliphatic carbocycles. The molecule has 9 rings (SSSR count). The number of thiophene rings is 1. The Morgan fingerprint density at radius 1 is 0.356 bits per heavy atom. The van der Waals surface area contributed by atoms with E-state index in [1.54, 1.807) is 0 Å².